The number of aromatic nitrogens is 2. The van der Waals surface area contributed by atoms with Crippen molar-refractivity contribution >= 4 is 22.7 Å². The van der Waals surface area contributed by atoms with Crippen LogP contribution in [0.25, 0.3) is 16.7 Å². The second kappa shape index (κ2) is 8.85. The van der Waals surface area contributed by atoms with Gasteiger partial charge in [0.05, 0.1) is 23.2 Å². The summed E-state index contributed by atoms with van der Waals surface area (Å²) in [4.78, 5) is 20.9. The van der Waals surface area contributed by atoms with E-state index in [0.717, 1.165) is 43.2 Å². The summed E-state index contributed by atoms with van der Waals surface area (Å²) in [7, 11) is 2.15. The standard InChI is InChI=1S/C23H28N4O3/c1-3-30-14-9-22-24-20-15-17(23(28)29)7-8-21(20)27(22)19-6-4-5-18(16-19)26-12-10-25(2)11-13-26/h4-8,15-16H,3,9-14H2,1-2H3,(H,28,29). The van der Waals surface area contributed by atoms with Crippen LogP contribution in [0.2, 0.25) is 0 Å². The lowest BCUT2D eigenvalue weighted by Gasteiger charge is -2.34. The van der Waals surface area contributed by atoms with E-state index in [9.17, 15) is 9.90 Å². The number of anilines is 1. The molecule has 3 aromatic rings. The Morgan fingerprint density at radius 2 is 1.87 bits per heavy atom. The van der Waals surface area contributed by atoms with Gasteiger partial charge < -0.3 is 19.6 Å². The van der Waals surface area contributed by atoms with Gasteiger partial charge in [-0.2, -0.15) is 0 Å². The molecule has 1 aliphatic rings. The molecule has 0 radical (unpaired) electrons. The van der Waals surface area contributed by atoms with Crippen LogP contribution in [0.15, 0.2) is 42.5 Å². The molecule has 1 fully saturated rings. The minimum Gasteiger partial charge on any atom is -0.478 e. The Labute approximate surface area is 176 Å². The fourth-order valence-electron chi connectivity index (χ4n) is 3.92. The smallest absolute Gasteiger partial charge is 0.335 e. The fourth-order valence-corrected chi connectivity index (χ4v) is 3.92. The molecular weight excluding hydrogens is 380 g/mol. The molecule has 1 aliphatic heterocycles. The highest BCUT2D eigenvalue weighted by molar-refractivity contribution is 5.93. The van der Waals surface area contributed by atoms with Crippen LogP contribution in [0.5, 0.6) is 0 Å². The highest BCUT2D eigenvalue weighted by Gasteiger charge is 2.18. The maximum absolute atomic E-state index is 11.4. The molecule has 0 aliphatic carbocycles. The van der Waals surface area contributed by atoms with E-state index in [1.807, 2.05) is 13.0 Å². The van der Waals surface area contributed by atoms with Crippen LogP contribution >= 0.6 is 0 Å². The quantitative estimate of drug-likeness (QED) is 0.606. The lowest BCUT2D eigenvalue weighted by molar-refractivity contribution is 0.0697. The number of imidazole rings is 1. The second-order valence-corrected chi connectivity index (χ2v) is 7.63. The molecule has 2 aromatic carbocycles. The van der Waals surface area contributed by atoms with Gasteiger partial charge in [-0.15, -0.1) is 0 Å². The number of ether oxygens (including phenoxy) is 1. The van der Waals surface area contributed by atoms with E-state index in [1.165, 1.54) is 5.69 Å². The third-order valence-corrected chi connectivity index (χ3v) is 5.60. The van der Waals surface area contributed by atoms with Crippen LogP contribution in [0.4, 0.5) is 5.69 Å². The van der Waals surface area contributed by atoms with Crippen molar-refractivity contribution in [2.45, 2.75) is 13.3 Å². The first kappa shape index (κ1) is 20.4. The van der Waals surface area contributed by atoms with E-state index in [4.69, 9.17) is 9.72 Å². The van der Waals surface area contributed by atoms with Crippen molar-refractivity contribution in [3.8, 4) is 5.69 Å². The summed E-state index contributed by atoms with van der Waals surface area (Å²) >= 11 is 0. The third-order valence-electron chi connectivity index (χ3n) is 5.60. The van der Waals surface area contributed by atoms with Crippen LogP contribution in [0, 0.1) is 0 Å². The summed E-state index contributed by atoms with van der Waals surface area (Å²) in [6, 6.07) is 13.6. The number of hydrogen-bond acceptors (Lipinski definition) is 5. The van der Waals surface area contributed by atoms with Gasteiger partial charge in [0.1, 0.15) is 5.82 Å². The Hall–Kier alpha value is -2.90. The van der Waals surface area contributed by atoms with Gasteiger partial charge in [0.15, 0.2) is 0 Å². The first-order chi connectivity index (χ1) is 14.6. The van der Waals surface area contributed by atoms with Gasteiger partial charge >= 0.3 is 5.97 Å². The zero-order valence-corrected chi connectivity index (χ0v) is 17.5. The molecule has 1 N–H and O–H groups in total. The molecule has 158 valence electrons. The molecule has 0 unspecified atom stereocenters. The normalized spacial score (nSPS) is 15.1. The lowest BCUT2D eigenvalue weighted by Crippen LogP contribution is -2.44. The number of benzene rings is 2. The minimum absolute atomic E-state index is 0.245. The van der Waals surface area contributed by atoms with Crippen molar-refractivity contribution in [3.63, 3.8) is 0 Å². The first-order valence-corrected chi connectivity index (χ1v) is 10.4. The van der Waals surface area contributed by atoms with Gasteiger partial charge in [-0.1, -0.05) is 6.07 Å². The summed E-state index contributed by atoms with van der Waals surface area (Å²) in [6.45, 7) is 7.31. The fraction of sp³-hybridized carbons (Fsp3) is 0.391. The SMILES string of the molecule is CCOCCc1nc2cc(C(=O)O)ccc2n1-c1cccc(N2CCN(C)CC2)c1. The average molecular weight is 409 g/mol. The summed E-state index contributed by atoms with van der Waals surface area (Å²) in [5.41, 5.74) is 4.06. The van der Waals surface area contributed by atoms with Gasteiger partial charge in [0.25, 0.3) is 0 Å². The number of aromatic carboxylic acids is 1. The van der Waals surface area contributed by atoms with E-state index in [-0.39, 0.29) is 5.56 Å². The van der Waals surface area contributed by atoms with Crippen molar-refractivity contribution in [2.24, 2.45) is 0 Å². The lowest BCUT2D eigenvalue weighted by atomic mass is 10.2. The van der Waals surface area contributed by atoms with Gasteiger partial charge in [0, 0.05) is 50.6 Å². The summed E-state index contributed by atoms with van der Waals surface area (Å²) in [5, 5.41) is 9.35. The molecule has 1 aromatic heterocycles. The van der Waals surface area contributed by atoms with Gasteiger partial charge in [-0.3, -0.25) is 4.57 Å². The van der Waals surface area contributed by atoms with E-state index in [2.05, 4.69) is 45.7 Å². The topological polar surface area (TPSA) is 70.8 Å². The number of carbonyl (C=O) groups is 1. The van der Waals surface area contributed by atoms with Crippen molar-refractivity contribution in [2.75, 3.05) is 51.3 Å². The average Bonchev–Trinajstić information content (AvgIpc) is 3.12. The molecule has 4 rings (SSSR count). The minimum atomic E-state index is -0.945. The Balaban J connectivity index is 1.75. The molecule has 0 atom stereocenters. The number of likely N-dealkylation sites (N-methyl/N-ethyl adjacent to an activating group) is 1. The summed E-state index contributed by atoms with van der Waals surface area (Å²) < 4.78 is 7.68. The highest BCUT2D eigenvalue weighted by atomic mass is 16.5. The predicted molar refractivity (Wildman–Crippen MR) is 118 cm³/mol. The van der Waals surface area contributed by atoms with Crippen molar-refractivity contribution in [1.82, 2.24) is 14.5 Å². The molecule has 1 saturated heterocycles. The van der Waals surface area contributed by atoms with E-state index < -0.39 is 5.97 Å². The molecule has 0 amide bonds. The van der Waals surface area contributed by atoms with E-state index in [0.29, 0.717) is 25.2 Å². The largest absolute Gasteiger partial charge is 0.478 e. The Morgan fingerprint density at radius 3 is 2.60 bits per heavy atom. The molecule has 7 heteroatoms. The Bertz CT molecular complexity index is 1040. The second-order valence-electron chi connectivity index (χ2n) is 7.63. The number of nitrogens with zero attached hydrogens (tertiary/aromatic N) is 4. The summed E-state index contributed by atoms with van der Waals surface area (Å²) in [5.74, 6) is -0.0732. The van der Waals surface area contributed by atoms with Crippen molar-refractivity contribution < 1.29 is 14.6 Å². The zero-order valence-electron chi connectivity index (χ0n) is 17.5. The number of rotatable bonds is 7. The maximum Gasteiger partial charge on any atom is 0.335 e. The van der Waals surface area contributed by atoms with Gasteiger partial charge in [-0.25, -0.2) is 9.78 Å². The van der Waals surface area contributed by atoms with Crippen LogP contribution in [0.3, 0.4) is 0 Å². The number of carboxylic acid groups (broad SMARTS) is 1. The molecule has 7 nitrogen and oxygen atoms in total. The maximum atomic E-state index is 11.4. The van der Waals surface area contributed by atoms with Crippen LogP contribution in [-0.4, -0.2) is 72.0 Å². The Kier molecular flexibility index (Phi) is 6.01. The number of fused-ring (bicyclic) bond motifs is 1. The summed E-state index contributed by atoms with van der Waals surface area (Å²) in [6.07, 6.45) is 0.656. The molecule has 0 spiro atoms. The molecule has 30 heavy (non-hydrogen) atoms. The molecule has 0 saturated carbocycles. The van der Waals surface area contributed by atoms with Crippen LogP contribution in [-0.2, 0) is 11.2 Å². The molecular formula is C23H28N4O3. The number of carboxylic acids is 1. The highest BCUT2D eigenvalue weighted by Crippen LogP contribution is 2.26. The zero-order chi connectivity index (χ0) is 21.1. The monoisotopic (exact) mass is 408 g/mol. The van der Waals surface area contributed by atoms with Gasteiger partial charge in [-0.05, 0) is 50.4 Å². The van der Waals surface area contributed by atoms with Crippen LogP contribution in [0.1, 0.15) is 23.1 Å². The van der Waals surface area contributed by atoms with E-state index >= 15 is 0 Å². The number of piperazine rings is 1. The molecule has 2 heterocycles. The third kappa shape index (κ3) is 4.17. The van der Waals surface area contributed by atoms with Crippen molar-refractivity contribution in [3.05, 3.63) is 53.9 Å². The number of hydrogen-bond donors (Lipinski definition) is 1. The predicted octanol–water partition coefficient (Wildman–Crippen LogP) is 3.05. The van der Waals surface area contributed by atoms with Crippen LogP contribution < -0.4 is 4.90 Å². The first-order valence-electron chi connectivity index (χ1n) is 10.4. The van der Waals surface area contributed by atoms with Crippen molar-refractivity contribution in [1.29, 1.82) is 0 Å². The van der Waals surface area contributed by atoms with E-state index in [1.54, 1.807) is 12.1 Å². The molecule has 0 bridgehead atoms. The Morgan fingerprint density at radius 1 is 1.10 bits per heavy atom. The van der Waals surface area contributed by atoms with Gasteiger partial charge in [0.2, 0.25) is 0 Å².